The van der Waals surface area contributed by atoms with Gasteiger partial charge in [-0.2, -0.15) is 0 Å². The van der Waals surface area contributed by atoms with Crippen molar-refractivity contribution in [2.45, 2.75) is 39.2 Å². The molecule has 0 fully saturated rings. The smallest absolute Gasteiger partial charge is 0.125 e. The van der Waals surface area contributed by atoms with Crippen molar-refractivity contribution in [1.29, 1.82) is 0 Å². The van der Waals surface area contributed by atoms with Crippen molar-refractivity contribution < 1.29 is 14.6 Å². The van der Waals surface area contributed by atoms with Gasteiger partial charge in [0.25, 0.3) is 0 Å². The summed E-state index contributed by atoms with van der Waals surface area (Å²) in [5, 5.41) is 11.4. The van der Waals surface area contributed by atoms with Gasteiger partial charge in [-0.3, -0.25) is 0 Å². The van der Waals surface area contributed by atoms with Gasteiger partial charge in [0.05, 0.1) is 13.7 Å². The van der Waals surface area contributed by atoms with Crippen LogP contribution in [0.1, 0.15) is 44.7 Å². The third-order valence-corrected chi connectivity index (χ3v) is 5.18. The first-order valence-corrected chi connectivity index (χ1v) is 9.90. The first kappa shape index (κ1) is 21.3. The van der Waals surface area contributed by atoms with Crippen molar-refractivity contribution in [3.63, 3.8) is 0 Å². The van der Waals surface area contributed by atoms with Gasteiger partial charge in [-0.25, -0.2) is 0 Å². The van der Waals surface area contributed by atoms with Crippen molar-refractivity contribution in [2.24, 2.45) is 0 Å². The van der Waals surface area contributed by atoms with Gasteiger partial charge >= 0.3 is 0 Å². The summed E-state index contributed by atoms with van der Waals surface area (Å²) < 4.78 is 11.3. The Hall–Kier alpha value is -2.04. The molecular weight excluding hydrogens is 338 g/mol. The maximum atomic E-state index is 11.4. The van der Waals surface area contributed by atoms with E-state index in [1.54, 1.807) is 7.11 Å². The SMILES string of the molecule is CCN(CC)CCCOc1ccc(C(O)(CC)c2ccccc2OC)cc1. The summed E-state index contributed by atoms with van der Waals surface area (Å²) in [7, 11) is 1.63. The zero-order chi connectivity index (χ0) is 19.7. The summed E-state index contributed by atoms with van der Waals surface area (Å²) >= 11 is 0. The normalized spacial score (nSPS) is 13.4. The second-order valence-corrected chi connectivity index (χ2v) is 6.67. The summed E-state index contributed by atoms with van der Waals surface area (Å²) in [4.78, 5) is 2.39. The van der Waals surface area contributed by atoms with Crippen molar-refractivity contribution in [1.82, 2.24) is 4.90 Å². The summed E-state index contributed by atoms with van der Waals surface area (Å²) in [6.07, 6.45) is 1.56. The largest absolute Gasteiger partial charge is 0.496 e. The summed E-state index contributed by atoms with van der Waals surface area (Å²) in [5.41, 5.74) is 0.529. The molecule has 1 atom stereocenters. The van der Waals surface area contributed by atoms with Crippen molar-refractivity contribution >= 4 is 0 Å². The number of rotatable bonds is 11. The van der Waals surface area contributed by atoms with Crippen LogP contribution in [0.4, 0.5) is 0 Å². The van der Waals surface area contributed by atoms with Crippen molar-refractivity contribution in [2.75, 3.05) is 33.4 Å². The van der Waals surface area contributed by atoms with E-state index in [9.17, 15) is 5.11 Å². The van der Waals surface area contributed by atoms with Crippen LogP contribution >= 0.6 is 0 Å². The standard InChI is InChI=1S/C23H33NO3/c1-5-23(25,21-11-8-9-12-22(21)26-4)19-13-15-20(16-14-19)27-18-10-17-24(6-2)7-3/h8-9,11-16,25H,5-7,10,17-18H2,1-4H3. The molecule has 0 amide bonds. The number of para-hydroxylation sites is 1. The molecular formula is C23H33NO3. The minimum absolute atomic E-state index is 0.553. The molecule has 0 heterocycles. The number of hydrogen-bond acceptors (Lipinski definition) is 4. The molecule has 0 aliphatic rings. The lowest BCUT2D eigenvalue weighted by atomic mass is 9.83. The van der Waals surface area contributed by atoms with Gasteiger partial charge in [-0.05, 0) is 49.7 Å². The second kappa shape index (κ2) is 10.3. The molecule has 148 valence electrons. The predicted molar refractivity (Wildman–Crippen MR) is 111 cm³/mol. The third-order valence-electron chi connectivity index (χ3n) is 5.18. The van der Waals surface area contributed by atoms with Crippen LogP contribution in [0.5, 0.6) is 11.5 Å². The molecule has 4 heteroatoms. The molecule has 0 saturated carbocycles. The monoisotopic (exact) mass is 371 g/mol. The molecule has 1 N–H and O–H groups in total. The number of aliphatic hydroxyl groups is 1. The number of methoxy groups -OCH3 is 1. The van der Waals surface area contributed by atoms with Gasteiger partial charge < -0.3 is 19.5 Å². The Balaban J connectivity index is 2.06. The van der Waals surface area contributed by atoms with E-state index < -0.39 is 5.60 Å². The Bertz CT molecular complexity index is 682. The van der Waals surface area contributed by atoms with E-state index in [-0.39, 0.29) is 0 Å². The van der Waals surface area contributed by atoms with Crippen molar-refractivity contribution in [3.05, 3.63) is 59.7 Å². The lowest BCUT2D eigenvalue weighted by Gasteiger charge is -2.29. The van der Waals surface area contributed by atoms with Crippen LogP contribution in [0.3, 0.4) is 0 Å². The van der Waals surface area contributed by atoms with Gasteiger partial charge in [0.15, 0.2) is 0 Å². The molecule has 2 aromatic carbocycles. The molecule has 2 aromatic rings. The zero-order valence-electron chi connectivity index (χ0n) is 17.1. The molecule has 2 rings (SSSR count). The molecule has 4 nitrogen and oxygen atoms in total. The van der Waals surface area contributed by atoms with Crippen LogP contribution in [0.15, 0.2) is 48.5 Å². The topological polar surface area (TPSA) is 41.9 Å². The van der Waals surface area contributed by atoms with Crippen LogP contribution in [-0.2, 0) is 5.60 Å². The Morgan fingerprint density at radius 1 is 0.963 bits per heavy atom. The molecule has 0 aliphatic carbocycles. The number of benzene rings is 2. The van der Waals surface area contributed by atoms with E-state index >= 15 is 0 Å². The fourth-order valence-corrected chi connectivity index (χ4v) is 3.38. The molecule has 0 bridgehead atoms. The van der Waals surface area contributed by atoms with Crippen LogP contribution in [0.25, 0.3) is 0 Å². The highest BCUT2D eigenvalue weighted by atomic mass is 16.5. The van der Waals surface area contributed by atoms with Crippen LogP contribution in [0.2, 0.25) is 0 Å². The Kier molecular flexibility index (Phi) is 8.14. The van der Waals surface area contributed by atoms with Crippen LogP contribution in [-0.4, -0.2) is 43.4 Å². The molecule has 0 aromatic heterocycles. The summed E-state index contributed by atoms with van der Waals surface area (Å²) in [6, 6.07) is 15.4. The highest BCUT2D eigenvalue weighted by Gasteiger charge is 2.32. The highest BCUT2D eigenvalue weighted by molar-refractivity contribution is 5.45. The first-order valence-electron chi connectivity index (χ1n) is 9.90. The van der Waals surface area contributed by atoms with Gasteiger partial charge in [0.2, 0.25) is 0 Å². The molecule has 0 saturated heterocycles. The average molecular weight is 372 g/mol. The van der Waals surface area contributed by atoms with E-state index in [1.807, 2.05) is 55.5 Å². The van der Waals surface area contributed by atoms with Gasteiger partial charge in [0.1, 0.15) is 17.1 Å². The van der Waals surface area contributed by atoms with Gasteiger partial charge in [0, 0.05) is 12.1 Å². The Morgan fingerprint density at radius 2 is 1.63 bits per heavy atom. The Labute approximate surface area is 163 Å². The van der Waals surface area contributed by atoms with E-state index in [2.05, 4.69) is 18.7 Å². The fraction of sp³-hybridized carbons (Fsp3) is 0.478. The molecule has 0 spiro atoms. The molecule has 0 aliphatic heterocycles. The highest BCUT2D eigenvalue weighted by Crippen LogP contribution is 2.38. The molecule has 1 unspecified atom stereocenters. The maximum absolute atomic E-state index is 11.4. The average Bonchev–Trinajstić information content (AvgIpc) is 2.73. The molecule has 27 heavy (non-hydrogen) atoms. The fourth-order valence-electron chi connectivity index (χ4n) is 3.38. The minimum atomic E-state index is -1.09. The van der Waals surface area contributed by atoms with Gasteiger partial charge in [-0.1, -0.05) is 51.1 Å². The van der Waals surface area contributed by atoms with E-state index in [0.717, 1.165) is 42.9 Å². The first-order chi connectivity index (χ1) is 13.1. The lowest BCUT2D eigenvalue weighted by molar-refractivity contribution is 0.0736. The summed E-state index contributed by atoms with van der Waals surface area (Å²) in [5.74, 6) is 1.52. The van der Waals surface area contributed by atoms with Crippen molar-refractivity contribution in [3.8, 4) is 11.5 Å². The maximum Gasteiger partial charge on any atom is 0.125 e. The summed E-state index contributed by atoms with van der Waals surface area (Å²) in [6.45, 7) is 10.2. The zero-order valence-corrected chi connectivity index (χ0v) is 17.1. The number of ether oxygens (including phenoxy) is 2. The quantitative estimate of drug-likeness (QED) is 0.593. The van der Waals surface area contributed by atoms with Crippen LogP contribution in [0, 0.1) is 0 Å². The van der Waals surface area contributed by atoms with Gasteiger partial charge in [-0.15, -0.1) is 0 Å². The Morgan fingerprint density at radius 3 is 2.22 bits per heavy atom. The van der Waals surface area contributed by atoms with E-state index in [0.29, 0.717) is 18.8 Å². The molecule has 0 radical (unpaired) electrons. The number of nitrogens with zero attached hydrogens (tertiary/aromatic N) is 1. The minimum Gasteiger partial charge on any atom is -0.496 e. The predicted octanol–water partition coefficient (Wildman–Crippen LogP) is 4.45. The lowest BCUT2D eigenvalue weighted by Crippen LogP contribution is -2.27. The number of hydrogen-bond donors (Lipinski definition) is 1. The van der Waals surface area contributed by atoms with Crippen LogP contribution < -0.4 is 9.47 Å². The second-order valence-electron chi connectivity index (χ2n) is 6.67. The third kappa shape index (κ3) is 5.24. The van der Waals surface area contributed by atoms with E-state index in [4.69, 9.17) is 9.47 Å². The van der Waals surface area contributed by atoms with E-state index in [1.165, 1.54) is 0 Å².